The summed E-state index contributed by atoms with van der Waals surface area (Å²) in [6.45, 7) is 7.21. The number of methoxy groups -OCH3 is 1. The zero-order valence-electron chi connectivity index (χ0n) is 15.6. The van der Waals surface area contributed by atoms with Crippen LogP contribution < -0.4 is 15.4 Å². The number of likely N-dealkylation sites (tertiary alicyclic amines) is 1. The summed E-state index contributed by atoms with van der Waals surface area (Å²) in [6, 6.07) is 7.62. The predicted molar refractivity (Wildman–Crippen MR) is 97.7 cm³/mol. The molecule has 1 saturated heterocycles. The molecule has 2 N–H and O–H groups in total. The van der Waals surface area contributed by atoms with Gasteiger partial charge in [-0.25, -0.2) is 4.79 Å². The van der Waals surface area contributed by atoms with E-state index < -0.39 is 0 Å². The van der Waals surface area contributed by atoms with Gasteiger partial charge in [0.1, 0.15) is 5.75 Å². The van der Waals surface area contributed by atoms with Crippen LogP contribution in [0.5, 0.6) is 5.75 Å². The Morgan fingerprint density at radius 1 is 1.20 bits per heavy atom. The largest absolute Gasteiger partial charge is 0.496 e. The van der Waals surface area contributed by atoms with Gasteiger partial charge in [-0.2, -0.15) is 0 Å². The first-order chi connectivity index (χ1) is 11.8. The summed E-state index contributed by atoms with van der Waals surface area (Å²) < 4.78 is 5.29. The minimum Gasteiger partial charge on any atom is -0.496 e. The van der Waals surface area contributed by atoms with Gasteiger partial charge in [0.2, 0.25) is 5.91 Å². The van der Waals surface area contributed by atoms with Gasteiger partial charge < -0.3 is 20.3 Å². The summed E-state index contributed by atoms with van der Waals surface area (Å²) in [5.74, 6) is 0.716. The number of ether oxygens (including phenoxy) is 1. The Balaban J connectivity index is 1.80. The Hall–Kier alpha value is -2.24. The Kier molecular flexibility index (Phi) is 6.28. The smallest absolute Gasteiger partial charge is 0.317 e. The third-order valence-electron chi connectivity index (χ3n) is 4.17. The highest BCUT2D eigenvalue weighted by atomic mass is 16.5. The van der Waals surface area contributed by atoms with Crippen molar-refractivity contribution in [3.05, 3.63) is 29.8 Å². The van der Waals surface area contributed by atoms with Gasteiger partial charge in [-0.3, -0.25) is 4.79 Å². The van der Waals surface area contributed by atoms with Gasteiger partial charge in [0, 0.05) is 30.2 Å². The van der Waals surface area contributed by atoms with Crippen LogP contribution in [0.1, 0.15) is 39.2 Å². The minimum atomic E-state index is -0.239. The summed E-state index contributed by atoms with van der Waals surface area (Å²) in [5.41, 5.74) is 0.640. The summed E-state index contributed by atoms with van der Waals surface area (Å²) in [5, 5.41) is 6.05. The number of rotatable bonds is 4. The van der Waals surface area contributed by atoms with Crippen LogP contribution in [0.15, 0.2) is 24.3 Å². The van der Waals surface area contributed by atoms with Crippen LogP contribution in [0.25, 0.3) is 0 Å². The van der Waals surface area contributed by atoms with Gasteiger partial charge in [-0.05, 0) is 39.7 Å². The van der Waals surface area contributed by atoms with Crippen molar-refractivity contribution in [3.8, 4) is 5.75 Å². The second-order valence-corrected chi connectivity index (χ2v) is 7.50. The molecule has 0 aromatic heterocycles. The lowest BCUT2D eigenvalue weighted by Gasteiger charge is -2.34. The monoisotopic (exact) mass is 347 g/mol. The second kappa shape index (κ2) is 8.23. The molecule has 0 unspecified atom stereocenters. The van der Waals surface area contributed by atoms with Crippen molar-refractivity contribution in [2.75, 3.05) is 20.2 Å². The number of carbonyl (C=O) groups excluding carboxylic acids is 2. The number of hydrogen-bond donors (Lipinski definition) is 2. The van der Waals surface area contributed by atoms with Crippen LogP contribution in [-0.2, 0) is 11.2 Å². The molecule has 25 heavy (non-hydrogen) atoms. The van der Waals surface area contributed by atoms with E-state index in [0.717, 1.165) is 24.2 Å². The maximum atomic E-state index is 12.3. The van der Waals surface area contributed by atoms with E-state index >= 15 is 0 Å². The van der Waals surface area contributed by atoms with Gasteiger partial charge in [0.05, 0.1) is 13.5 Å². The molecule has 0 aliphatic carbocycles. The molecule has 1 fully saturated rings. The zero-order chi connectivity index (χ0) is 18.4. The first-order valence-electron chi connectivity index (χ1n) is 8.77. The Labute approximate surface area is 149 Å². The highest BCUT2D eigenvalue weighted by Gasteiger charge is 2.26. The van der Waals surface area contributed by atoms with Crippen LogP contribution in [0.2, 0.25) is 0 Å². The molecule has 1 aliphatic rings. The summed E-state index contributed by atoms with van der Waals surface area (Å²) in [7, 11) is 1.61. The molecule has 3 amide bonds. The van der Waals surface area contributed by atoms with Crippen LogP contribution in [0.4, 0.5) is 4.79 Å². The van der Waals surface area contributed by atoms with Gasteiger partial charge in [0.25, 0.3) is 0 Å². The van der Waals surface area contributed by atoms with E-state index in [9.17, 15) is 9.59 Å². The Bertz CT molecular complexity index is 602. The van der Waals surface area contributed by atoms with Crippen LogP contribution in [-0.4, -0.2) is 48.6 Å². The molecule has 1 aromatic rings. The topological polar surface area (TPSA) is 70.7 Å². The number of nitrogens with zero attached hydrogens (tertiary/aromatic N) is 1. The minimum absolute atomic E-state index is 0.0120. The van der Waals surface area contributed by atoms with Gasteiger partial charge >= 0.3 is 6.03 Å². The number of carbonyl (C=O) groups is 2. The van der Waals surface area contributed by atoms with Crippen molar-refractivity contribution >= 4 is 11.9 Å². The number of urea groups is 1. The van der Waals surface area contributed by atoms with E-state index in [2.05, 4.69) is 10.6 Å². The molecular formula is C19H29N3O3. The first kappa shape index (κ1) is 19.1. The van der Waals surface area contributed by atoms with Crippen molar-refractivity contribution in [3.63, 3.8) is 0 Å². The van der Waals surface area contributed by atoms with E-state index in [-0.39, 0.29) is 23.5 Å². The fourth-order valence-corrected chi connectivity index (χ4v) is 2.93. The van der Waals surface area contributed by atoms with Crippen molar-refractivity contribution in [1.29, 1.82) is 0 Å². The zero-order valence-corrected chi connectivity index (χ0v) is 15.6. The number of piperidine rings is 1. The lowest BCUT2D eigenvalue weighted by Crippen LogP contribution is -2.53. The lowest BCUT2D eigenvalue weighted by molar-refractivity contribution is -0.121. The lowest BCUT2D eigenvalue weighted by atomic mass is 10.0. The quantitative estimate of drug-likeness (QED) is 0.878. The average Bonchev–Trinajstić information content (AvgIpc) is 2.54. The maximum absolute atomic E-state index is 12.3. The molecule has 0 saturated carbocycles. The molecule has 0 spiro atoms. The molecule has 138 valence electrons. The molecule has 6 nitrogen and oxygen atoms in total. The first-order valence-corrected chi connectivity index (χ1v) is 8.77. The normalized spacial score (nSPS) is 15.6. The number of nitrogens with one attached hydrogen (secondary N) is 2. The van der Waals surface area contributed by atoms with E-state index in [1.807, 2.05) is 49.9 Å². The Morgan fingerprint density at radius 3 is 2.44 bits per heavy atom. The fraction of sp³-hybridized carbons (Fsp3) is 0.579. The molecule has 2 rings (SSSR count). The summed E-state index contributed by atoms with van der Waals surface area (Å²) in [4.78, 5) is 26.3. The summed E-state index contributed by atoms with van der Waals surface area (Å²) >= 11 is 0. The summed E-state index contributed by atoms with van der Waals surface area (Å²) in [6.07, 6.45) is 1.85. The highest BCUT2D eigenvalue weighted by Crippen LogP contribution is 2.18. The van der Waals surface area contributed by atoms with E-state index in [1.54, 1.807) is 7.11 Å². The van der Waals surface area contributed by atoms with Gasteiger partial charge in [-0.15, -0.1) is 0 Å². The third kappa shape index (κ3) is 5.96. The molecule has 1 heterocycles. The molecule has 0 bridgehead atoms. The number of hydrogen-bond acceptors (Lipinski definition) is 3. The van der Waals surface area contributed by atoms with Crippen LogP contribution in [0, 0.1) is 0 Å². The molecule has 1 aromatic carbocycles. The SMILES string of the molecule is COc1ccccc1CC(=O)NC1CCN(C(=O)NC(C)(C)C)CC1. The van der Waals surface area contributed by atoms with Crippen molar-refractivity contribution in [2.45, 2.75) is 51.6 Å². The van der Waals surface area contributed by atoms with Crippen molar-refractivity contribution < 1.29 is 14.3 Å². The molecular weight excluding hydrogens is 318 g/mol. The Morgan fingerprint density at radius 2 is 1.84 bits per heavy atom. The highest BCUT2D eigenvalue weighted by molar-refractivity contribution is 5.79. The number of para-hydroxylation sites is 1. The van der Waals surface area contributed by atoms with E-state index in [1.165, 1.54) is 0 Å². The molecule has 0 atom stereocenters. The molecule has 1 aliphatic heterocycles. The van der Waals surface area contributed by atoms with Gasteiger partial charge in [-0.1, -0.05) is 18.2 Å². The van der Waals surface area contributed by atoms with E-state index in [0.29, 0.717) is 19.5 Å². The fourth-order valence-electron chi connectivity index (χ4n) is 2.93. The number of amides is 3. The van der Waals surface area contributed by atoms with E-state index in [4.69, 9.17) is 4.74 Å². The van der Waals surface area contributed by atoms with Crippen LogP contribution >= 0.6 is 0 Å². The molecule has 6 heteroatoms. The second-order valence-electron chi connectivity index (χ2n) is 7.50. The van der Waals surface area contributed by atoms with Gasteiger partial charge in [0.15, 0.2) is 0 Å². The average molecular weight is 347 g/mol. The number of benzene rings is 1. The van der Waals surface area contributed by atoms with Crippen LogP contribution in [0.3, 0.4) is 0 Å². The van der Waals surface area contributed by atoms with Crippen molar-refractivity contribution in [2.24, 2.45) is 0 Å². The predicted octanol–water partition coefficient (Wildman–Crippen LogP) is 2.33. The maximum Gasteiger partial charge on any atom is 0.317 e. The van der Waals surface area contributed by atoms with Crippen molar-refractivity contribution in [1.82, 2.24) is 15.5 Å². The standard InChI is InChI=1S/C19H29N3O3/c1-19(2,3)21-18(24)22-11-9-15(10-12-22)20-17(23)13-14-7-5-6-8-16(14)25-4/h5-8,15H,9-13H2,1-4H3,(H,20,23)(H,21,24). The molecule has 0 radical (unpaired) electrons. The third-order valence-corrected chi connectivity index (χ3v) is 4.17.